The molecule has 5 heteroatoms. The summed E-state index contributed by atoms with van der Waals surface area (Å²) in [6, 6.07) is 3.33. The number of rotatable bonds is 2. The lowest BCUT2D eigenvalue weighted by Crippen LogP contribution is -2.43. The molecule has 0 unspecified atom stereocenters. The quantitative estimate of drug-likeness (QED) is 0.884. The van der Waals surface area contributed by atoms with E-state index in [-0.39, 0.29) is 25.7 Å². The van der Waals surface area contributed by atoms with Crippen molar-refractivity contribution in [2.24, 2.45) is 0 Å². The van der Waals surface area contributed by atoms with Gasteiger partial charge in [-0.2, -0.15) is 0 Å². The van der Waals surface area contributed by atoms with Crippen molar-refractivity contribution >= 4 is 5.97 Å². The van der Waals surface area contributed by atoms with Crippen LogP contribution in [0.4, 0.5) is 8.78 Å². The maximum Gasteiger partial charge on any atom is 0.314 e. The summed E-state index contributed by atoms with van der Waals surface area (Å²) in [5, 5.41) is 9.46. The topological polar surface area (TPSA) is 50.2 Å². The van der Waals surface area contributed by atoms with Crippen molar-refractivity contribution in [3.05, 3.63) is 29.6 Å². The zero-order chi connectivity index (χ0) is 13.4. The van der Waals surface area contributed by atoms with Crippen LogP contribution in [0.1, 0.15) is 36.9 Å². The van der Waals surface area contributed by atoms with Crippen LogP contribution in [-0.4, -0.2) is 22.0 Å². The van der Waals surface area contributed by atoms with Gasteiger partial charge in [0.25, 0.3) is 0 Å². The predicted molar refractivity (Wildman–Crippen MR) is 61.7 cm³/mol. The second kappa shape index (κ2) is 4.30. The number of pyridine rings is 1. The van der Waals surface area contributed by atoms with Gasteiger partial charge in [0.15, 0.2) is 0 Å². The molecule has 0 radical (unpaired) electrons. The molecular formula is C13H15F2NO2. The number of alkyl halides is 2. The molecule has 98 valence electrons. The molecule has 1 heterocycles. The third-order valence-electron chi connectivity index (χ3n) is 3.77. The van der Waals surface area contributed by atoms with Gasteiger partial charge in [0, 0.05) is 24.7 Å². The summed E-state index contributed by atoms with van der Waals surface area (Å²) in [7, 11) is 0. The largest absolute Gasteiger partial charge is 0.481 e. The van der Waals surface area contributed by atoms with E-state index in [1.54, 1.807) is 25.3 Å². The monoisotopic (exact) mass is 255 g/mol. The number of hydrogen-bond donors (Lipinski definition) is 1. The highest BCUT2D eigenvalue weighted by Gasteiger charge is 2.49. The van der Waals surface area contributed by atoms with Gasteiger partial charge in [-0.25, -0.2) is 8.78 Å². The first-order valence-corrected chi connectivity index (χ1v) is 5.91. The second-order valence-electron chi connectivity index (χ2n) is 4.88. The fraction of sp³-hybridized carbons (Fsp3) is 0.538. The lowest BCUT2D eigenvalue weighted by molar-refractivity contribution is -0.149. The van der Waals surface area contributed by atoms with E-state index in [2.05, 4.69) is 4.98 Å². The number of nitrogens with zero attached hydrogens (tertiary/aromatic N) is 1. The third kappa shape index (κ3) is 2.09. The van der Waals surface area contributed by atoms with Crippen molar-refractivity contribution < 1.29 is 18.7 Å². The van der Waals surface area contributed by atoms with Crippen molar-refractivity contribution in [3.63, 3.8) is 0 Å². The average molecular weight is 255 g/mol. The van der Waals surface area contributed by atoms with Crippen molar-refractivity contribution in [3.8, 4) is 0 Å². The van der Waals surface area contributed by atoms with E-state index >= 15 is 0 Å². The molecule has 1 aliphatic rings. The van der Waals surface area contributed by atoms with Gasteiger partial charge in [0.1, 0.15) is 0 Å². The van der Waals surface area contributed by atoms with Crippen molar-refractivity contribution in [2.45, 2.75) is 43.9 Å². The summed E-state index contributed by atoms with van der Waals surface area (Å²) in [4.78, 5) is 15.6. The van der Waals surface area contributed by atoms with Crippen LogP contribution in [0.25, 0.3) is 0 Å². The minimum Gasteiger partial charge on any atom is -0.481 e. The molecule has 1 aromatic rings. The molecule has 1 N–H and O–H groups in total. The highest BCUT2D eigenvalue weighted by molar-refractivity contribution is 5.82. The summed E-state index contributed by atoms with van der Waals surface area (Å²) >= 11 is 0. The lowest BCUT2D eigenvalue weighted by Gasteiger charge is -2.37. The first kappa shape index (κ1) is 12.9. The number of aliphatic carboxylic acids is 1. The standard InChI is InChI=1S/C13H15F2NO2/c1-9-10(3-2-8-16-9)12(11(17)18)4-6-13(14,15)7-5-12/h2-3,8H,4-7H2,1H3,(H,17,18). The maximum absolute atomic E-state index is 13.2. The summed E-state index contributed by atoms with van der Waals surface area (Å²) in [6.45, 7) is 1.72. The number of aromatic nitrogens is 1. The third-order valence-corrected chi connectivity index (χ3v) is 3.77. The number of halogens is 2. The normalized spacial score (nSPS) is 21.5. The van der Waals surface area contributed by atoms with Crippen LogP contribution in [-0.2, 0) is 10.2 Å². The molecule has 0 aromatic carbocycles. The van der Waals surface area contributed by atoms with Crippen LogP contribution in [0.5, 0.6) is 0 Å². The van der Waals surface area contributed by atoms with Gasteiger partial charge in [0.2, 0.25) is 5.92 Å². The first-order chi connectivity index (χ1) is 8.37. The molecule has 3 nitrogen and oxygen atoms in total. The number of aryl methyl sites for hydroxylation is 1. The minimum atomic E-state index is -2.74. The first-order valence-electron chi connectivity index (χ1n) is 5.91. The van der Waals surface area contributed by atoms with E-state index in [0.717, 1.165) is 0 Å². The van der Waals surface area contributed by atoms with Crippen molar-refractivity contribution in [2.75, 3.05) is 0 Å². The van der Waals surface area contributed by atoms with Gasteiger partial charge in [-0.05, 0) is 31.4 Å². The Morgan fingerprint density at radius 1 is 1.33 bits per heavy atom. The van der Waals surface area contributed by atoms with Gasteiger partial charge >= 0.3 is 5.97 Å². The number of carboxylic acids is 1. The molecule has 0 atom stereocenters. The minimum absolute atomic E-state index is 0.0398. The molecule has 1 aromatic heterocycles. The van der Waals surface area contributed by atoms with Gasteiger partial charge < -0.3 is 5.11 Å². The molecule has 0 aliphatic heterocycles. The van der Waals surface area contributed by atoms with Crippen molar-refractivity contribution in [1.29, 1.82) is 0 Å². The van der Waals surface area contributed by atoms with Gasteiger partial charge in [-0.15, -0.1) is 0 Å². The molecule has 1 saturated carbocycles. The number of carbonyl (C=O) groups is 1. The zero-order valence-corrected chi connectivity index (χ0v) is 10.1. The van der Waals surface area contributed by atoms with Gasteiger partial charge in [-0.1, -0.05) is 6.07 Å². The zero-order valence-electron chi connectivity index (χ0n) is 10.1. The van der Waals surface area contributed by atoms with E-state index in [1.807, 2.05) is 0 Å². The highest BCUT2D eigenvalue weighted by atomic mass is 19.3. The molecule has 18 heavy (non-hydrogen) atoms. The number of hydrogen-bond acceptors (Lipinski definition) is 2. The Bertz CT molecular complexity index is 464. The predicted octanol–water partition coefficient (Wildman–Crippen LogP) is 2.92. The average Bonchev–Trinajstić information content (AvgIpc) is 2.30. The smallest absolute Gasteiger partial charge is 0.314 e. The molecule has 1 aliphatic carbocycles. The molecule has 0 amide bonds. The fourth-order valence-electron chi connectivity index (χ4n) is 2.63. The van der Waals surface area contributed by atoms with E-state index < -0.39 is 17.3 Å². The van der Waals surface area contributed by atoms with E-state index in [1.165, 1.54) is 0 Å². The van der Waals surface area contributed by atoms with E-state index in [4.69, 9.17) is 0 Å². The van der Waals surface area contributed by atoms with Crippen molar-refractivity contribution in [1.82, 2.24) is 4.98 Å². The number of carboxylic acid groups (broad SMARTS) is 1. The Hall–Kier alpha value is -1.52. The van der Waals surface area contributed by atoms with Crippen LogP contribution < -0.4 is 0 Å². The SMILES string of the molecule is Cc1ncccc1C1(C(=O)O)CCC(F)(F)CC1. The van der Waals surface area contributed by atoms with Crippen LogP contribution in [0, 0.1) is 6.92 Å². The van der Waals surface area contributed by atoms with E-state index in [0.29, 0.717) is 11.3 Å². The van der Waals surface area contributed by atoms with Crippen LogP contribution in [0.3, 0.4) is 0 Å². The molecular weight excluding hydrogens is 240 g/mol. The molecule has 0 spiro atoms. The molecule has 2 rings (SSSR count). The molecule has 0 bridgehead atoms. The summed E-state index contributed by atoms with van der Waals surface area (Å²) < 4.78 is 26.4. The Morgan fingerprint density at radius 2 is 1.94 bits per heavy atom. The fourth-order valence-corrected chi connectivity index (χ4v) is 2.63. The Morgan fingerprint density at radius 3 is 2.44 bits per heavy atom. The Balaban J connectivity index is 2.42. The highest BCUT2D eigenvalue weighted by Crippen LogP contribution is 2.46. The molecule has 1 fully saturated rings. The molecule has 0 saturated heterocycles. The van der Waals surface area contributed by atoms with Gasteiger partial charge in [0.05, 0.1) is 5.41 Å². The van der Waals surface area contributed by atoms with Crippen LogP contribution in [0.2, 0.25) is 0 Å². The lowest BCUT2D eigenvalue weighted by atomic mass is 9.68. The summed E-state index contributed by atoms with van der Waals surface area (Å²) in [5.41, 5.74) is -0.0434. The van der Waals surface area contributed by atoms with Crippen LogP contribution in [0.15, 0.2) is 18.3 Å². The summed E-state index contributed by atoms with van der Waals surface area (Å²) in [6.07, 6.45) is 0.733. The Labute approximate surface area is 104 Å². The van der Waals surface area contributed by atoms with E-state index in [9.17, 15) is 18.7 Å². The van der Waals surface area contributed by atoms with Crippen LogP contribution >= 0.6 is 0 Å². The Kier molecular flexibility index (Phi) is 3.09. The summed E-state index contributed by atoms with van der Waals surface area (Å²) in [5.74, 6) is -3.77. The second-order valence-corrected chi connectivity index (χ2v) is 4.88. The maximum atomic E-state index is 13.2. The van der Waals surface area contributed by atoms with Gasteiger partial charge in [-0.3, -0.25) is 9.78 Å².